The van der Waals surface area contributed by atoms with Crippen LogP contribution in [-0.2, 0) is 18.4 Å². The Morgan fingerprint density at radius 3 is 2.50 bits per heavy atom. The van der Waals surface area contributed by atoms with Crippen molar-refractivity contribution in [2.75, 3.05) is 11.1 Å². The molecule has 1 aromatic carbocycles. The number of aliphatic hydroxyl groups excluding tert-OH is 1. The van der Waals surface area contributed by atoms with E-state index in [0.717, 1.165) is 27.7 Å². The molecule has 6 heteroatoms. The summed E-state index contributed by atoms with van der Waals surface area (Å²) in [4.78, 5) is 16.3. The number of imidazole rings is 1. The Kier molecular flexibility index (Phi) is 5.26. The van der Waals surface area contributed by atoms with E-state index in [1.807, 2.05) is 27.8 Å². The quantitative estimate of drug-likeness (QED) is 0.831. The summed E-state index contributed by atoms with van der Waals surface area (Å²) in [6.07, 6.45) is 1.62. The minimum Gasteiger partial charge on any atom is -0.390 e. The molecule has 1 heterocycles. The lowest BCUT2D eigenvalue weighted by molar-refractivity contribution is -0.113. The average molecular weight is 319 g/mol. The fourth-order valence-corrected chi connectivity index (χ4v) is 3.16. The van der Waals surface area contributed by atoms with Gasteiger partial charge in [0.05, 0.1) is 24.3 Å². The molecule has 0 fully saturated rings. The zero-order valence-electron chi connectivity index (χ0n) is 13.3. The highest BCUT2D eigenvalue weighted by Crippen LogP contribution is 2.23. The number of thioether (sulfide) groups is 1. The van der Waals surface area contributed by atoms with Crippen LogP contribution in [0.3, 0.4) is 0 Å². The molecule has 2 N–H and O–H groups in total. The summed E-state index contributed by atoms with van der Waals surface area (Å²) in [7, 11) is 1.83. The summed E-state index contributed by atoms with van der Waals surface area (Å²) in [5, 5.41) is 12.8. The van der Waals surface area contributed by atoms with Gasteiger partial charge in [0.2, 0.25) is 5.91 Å². The van der Waals surface area contributed by atoms with Crippen molar-refractivity contribution in [2.45, 2.75) is 32.5 Å². The van der Waals surface area contributed by atoms with E-state index in [9.17, 15) is 4.79 Å². The molecule has 22 heavy (non-hydrogen) atoms. The summed E-state index contributed by atoms with van der Waals surface area (Å²) >= 11 is 1.35. The number of carbonyl (C=O) groups is 1. The van der Waals surface area contributed by atoms with E-state index < -0.39 is 0 Å². The first kappa shape index (κ1) is 16.6. The molecule has 0 saturated carbocycles. The van der Waals surface area contributed by atoms with Gasteiger partial charge in [0.25, 0.3) is 0 Å². The van der Waals surface area contributed by atoms with Gasteiger partial charge in [-0.3, -0.25) is 4.79 Å². The third-order valence-electron chi connectivity index (χ3n) is 3.48. The molecular formula is C16H21N3O2S. The zero-order valence-corrected chi connectivity index (χ0v) is 14.1. The van der Waals surface area contributed by atoms with Crippen molar-refractivity contribution >= 4 is 23.4 Å². The predicted molar refractivity (Wildman–Crippen MR) is 89.1 cm³/mol. The van der Waals surface area contributed by atoms with Gasteiger partial charge in [0.15, 0.2) is 5.16 Å². The normalized spacial score (nSPS) is 10.8. The molecule has 118 valence electrons. The molecule has 0 radical (unpaired) electrons. The predicted octanol–water partition coefficient (Wildman–Crippen LogP) is 2.57. The number of anilines is 1. The highest BCUT2D eigenvalue weighted by Gasteiger charge is 2.11. The number of amides is 1. The highest BCUT2D eigenvalue weighted by atomic mass is 32.2. The van der Waals surface area contributed by atoms with Crippen molar-refractivity contribution < 1.29 is 9.90 Å². The maximum Gasteiger partial charge on any atom is 0.234 e. The molecule has 0 aliphatic rings. The first-order valence-corrected chi connectivity index (χ1v) is 8.03. The molecule has 1 amide bonds. The van der Waals surface area contributed by atoms with Crippen molar-refractivity contribution in [1.29, 1.82) is 0 Å². The van der Waals surface area contributed by atoms with E-state index in [2.05, 4.69) is 22.4 Å². The van der Waals surface area contributed by atoms with Crippen molar-refractivity contribution in [3.05, 3.63) is 40.7 Å². The van der Waals surface area contributed by atoms with Gasteiger partial charge in [-0.1, -0.05) is 29.5 Å². The molecule has 5 nitrogen and oxygen atoms in total. The number of benzene rings is 1. The molecule has 2 rings (SSSR count). The smallest absolute Gasteiger partial charge is 0.234 e. The number of aryl methyl sites for hydroxylation is 3. The average Bonchev–Trinajstić information content (AvgIpc) is 2.81. The molecule has 0 aliphatic carbocycles. The minimum atomic E-state index is -0.0615. The first-order valence-electron chi connectivity index (χ1n) is 7.04. The van der Waals surface area contributed by atoms with E-state index in [0.29, 0.717) is 0 Å². The molecule has 0 bridgehead atoms. The van der Waals surface area contributed by atoms with Crippen molar-refractivity contribution in [1.82, 2.24) is 9.55 Å². The number of aromatic nitrogens is 2. The first-order chi connectivity index (χ1) is 10.4. The number of hydrogen-bond acceptors (Lipinski definition) is 4. The van der Waals surface area contributed by atoms with Gasteiger partial charge >= 0.3 is 0 Å². The maximum absolute atomic E-state index is 12.1. The number of nitrogens with zero attached hydrogens (tertiary/aromatic N) is 2. The van der Waals surface area contributed by atoms with Gasteiger partial charge in [-0.05, 0) is 31.9 Å². The highest BCUT2D eigenvalue weighted by molar-refractivity contribution is 7.99. The van der Waals surface area contributed by atoms with Crippen LogP contribution in [0, 0.1) is 20.8 Å². The van der Waals surface area contributed by atoms with Crippen LogP contribution in [0.2, 0.25) is 0 Å². The van der Waals surface area contributed by atoms with Crippen LogP contribution in [0.25, 0.3) is 0 Å². The van der Waals surface area contributed by atoms with Gasteiger partial charge in [-0.25, -0.2) is 4.98 Å². The Morgan fingerprint density at radius 2 is 1.95 bits per heavy atom. The lowest BCUT2D eigenvalue weighted by atomic mass is 10.1. The van der Waals surface area contributed by atoms with Crippen LogP contribution in [0.15, 0.2) is 23.5 Å². The molecule has 0 aliphatic heterocycles. The summed E-state index contributed by atoms with van der Waals surface area (Å²) in [6.45, 7) is 5.98. The summed E-state index contributed by atoms with van der Waals surface area (Å²) < 4.78 is 1.79. The summed E-state index contributed by atoms with van der Waals surface area (Å²) in [5.41, 5.74) is 4.93. The second-order valence-electron chi connectivity index (χ2n) is 5.36. The molecule has 2 aromatic rings. The van der Waals surface area contributed by atoms with Crippen molar-refractivity contribution in [2.24, 2.45) is 7.05 Å². The fraction of sp³-hybridized carbons (Fsp3) is 0.375. The SMILES string of the molecule is Cc1cc(C)c(NC(=O)CSc2ncc(CO)n2C)c(C)c1. The Morgan fingerprint density at radius 1 is 1.32 bits per heavy atom. The lowest BCUT2D eigenvalue weighted by Crippen LogP contribution is -2.16. The van der Waals surface area contributed by atoms with Crippen LogP contribution in [0.4, 0.5) is 5.69 Å². The van der Waals surface area contributed by atoms with Gasteiger partial charge in [0.1, 0.15) is 0 Å². The third kappa shape index (κ3) is 3.69. The van der Waals surface area contributed by atoms with Crippen LogP contribution in [0.1, 0.15) is 22.4 Å². The Hall–Kier alpha value is -1.79. The van der Waals surface area contributed by atoms with Gasteiger partial charge in [0, 0.05) is 12.7 Å². The second-order valence-corrected chi connectivity index (χ2v) is 6.30. The number of carbonyl (C=O) groups excluding carboxylic acids is 1. The molecule has 0 spiro atoms. The van der Waals surface area contributed by atoms with E-state index in [1.54, 1.807) is 10.8 Å². The van der Waals surface area contributed by atoms with Crippen LogP contribution >= 0.6 is 11.8 Å². The van der Waals surface area contributed by atoms with Crippen LogP contribution < -0.4 is 5.32 Å². The summed E-state index contributed by atoms with van der Waals surface area (Å²) in [6, 6.07) is 4.12. The fourth-order valence-electron chi connectivity index (χ4n) is 2.39. The van der Waals surface area contributed by atoms with E-state index in [-0.39, 0.29) is 18.3 Å². The Balaban J connectivity index is 2.00. The third-order valence-corrected chi connectivity index (χ3v) is 4.52. The topological polar surface area (TPSA) is 67.2 Å². The molecule has 0 unspecified atom stereocenters. The van der Waals surface area contributed by atoms with Crippen LogP contribution in [0.5, 0.6) is 0 Å². The molecular weight excluding hydrogens is 298 g/mol. The number of rotatable bonds is 5. The lowest BCUT2D eigenvalue weighted by Gasteiger charge is -2.12. The molecule has 1 aromatic heterocycles. The Labute approximate surface area is 134 Å². The van der Waals surface area contributed by atoms with Gasteiger partial charge < -0.3 is 15.0 Å². The second kappa shape index (κ2) is 6.98. The monoisotopic (exact) mass is 319 g/mol. The standard InChI is InChI=1S/C16H21N3O2S/c1-10-5-11(2)15(12(3)6-10)18-14(21)9-22-16-17-7-13(8-20)19(16)4/h5-7,20H,8-9H2,1-4H3,(H,18,21). The van der Waals surface area contributed by atoms with Crippen molar-refractivity contribution in [3.63, 3.8) is 0 Å². The van der Waals surface area contributed by atoms with Gasteiger partial charge in [-0.15, -0.1) is 0 Å². The van der Waals surface area contributed by atoms with Gasteiger partial charge in [-0.2, -0.15) is 0 Å². The van der Waals surface area contributed by atoms with E-state index >= 15 is 0 Å². The largest absolute Gasteiger partial charge is 0.390 e. The molecule has 0 atom stereocenters. The number of hydrogen-bond donors (Lipinski definition) is 2. The number of aliphatic hydroxyl groups is 1. The van der Waals surface area contributed by atoms with E-state index in [4.69, 9.17) is 5.11 Å². The Bertz CT molecular complexity index is 672. The minimum absolute atomic E-state index is 0.0575. The number of nitrogens with one attached hydrogen (secondary N) is 1. The van der Waals surface area contributed by atoms with Crippen molar-refractivity contribution in [3.8, 4) is 0 Å². The maximum atomic E-state index is 12.1. The summed E-state index contributed by atoms with van der Waals surface area (Å²) in [5.74, 6) is 0.219. The zero-order chi connectivity index (χ0) is 16.3. The molecule has 0 saturated heterocycles. The van der Waals surface area contributed by atoms with E-state index in [1.165, 1.54) is 17.3 Å². The van der Waals surface area contributed by atoms with Crippen LogP contribution in [-0.4, -0.2) is 26.3 Å².